The second-order valence-corrected chi connectivity index (χ2v) is 14.5. The van der Waals surface area contributed by atoms with Crippen LogP contribution >= 0.6 is 0 Å². The van der Waals surface area contributed by atoms with Crippen LogP contribution in [0.25, 0.3) is 0 Å². The van der Waals surface area contributed by atoms with Gasteiger partial charge in [-0.25, -0.2) is 4.79 Å². The third-order valence-electron chi connectivity index (χ3n) is 10.2. The molecule has 1 saturated heterocycles. The fourth-order valence-corrected chi connectivity index (χ4v) is 7.05. The maximum Gasteiger partial charge on any atom is 0.329 e. The standard InChI is InChI=1S/C22H30N2O5.C15H31NO2.C3H8.CH3NO/c1-15(18(28-2)17-10-7-13-24(17)14-25)20(26)23-19(21(27)29-3)22(11-12-22)16-8-5-4-6-9-16;1-8-12(5)15(13(9-2)18-7)16(6)14(17)10-11(3)4;1-3-2;2-1-3/h4-6,8-9,14-15,17-19H,7,10-13H2,1-3H3,(H,23,26);11-13,15H,8-10H2,1-7H3;3H2,1-2H3;1H,(H2,2,3). The van der Waals surface area contributed by atoms with E-state index < -0.39 is 29.4 Å². The summed E-state index contributed by atoms with van der Waals surface area (Å²) < 4.78 is 16.2. The zero-order valence-corrected chi connectivity index (χ0v) is 34.8. The van der Waals surface area contributed by atoms with E-state index in [4.69, 9.17) is 19.0 Å². The fourth-order valence-electron chi connectivity index (χ4n) is 7.05. The highest BCUT2D eigenvalue weighted by atomic mass is 16.5. The molecular formula is C41H72N4O8. The quantitative estimate of drug-likeness (QED) is 0.156. The van der Waals surface area contributed by atoms with Gasteiger partial charge in [0, 0.05) is 39.6 Å². The molecule has 0 spiro atoms. The molecule has 2 aliphatic rings. The number of benzene rings is 1. The number of amides is 4. The summed E-state index contributed by atoms with van der Waals surface area (Å²) in [5, 5.41) is 2.94. The number of carbonyl (C=O) groups is 5. The van der Waals surface area contributed by atoms with Crippen LogP contribution in [0.15, 0.2) is 30.3 Å². The van der Waals surface area contributed by atoms with Gasteiger partial charge in [-0.15, -0.1) is 0 Å². The number of nitrogens with zero attached hydrogens (tertiary/aromatic N) is 2. The largest absolute Gasteiger partial charge is 0.467 e. The highest BCUT2D eigenvalue weighted by molar-refractivity contribution is 5.88. The first kappa shape index (κ1) is 49.5. The lowest BCUT2D eigenvalue weighted by Crippen LogP contribution is -2.54. The van der Waals surface area contributed by atoms with Crippen molar-refractivity contribution in [1.82, 2.24) is 15.1 Å². The van der Waals surface area contributed by atoms with Crippen molar-refractivity contribution in [1.29, 1.82) is 0 Å². The maximum atomic E-state index is 13.1. The molecule has 12 heteroatoms. The Balaban J connectivity index is 0.000000966. The number of esters is 1. The van der Waals surface area contributed by atoms with Crippen LogP contribution in [0.4, 0.5) is 0 Å². The summed E-state index contributed by atoms with van der Waals surface area (Å²) in [6, 6.07) is 9.04. The summed E-state index contributed by atoms with van der Waals surface area (Å²) in [6.07, 6.45) is 7.91. The lowest BCUT2D eigenvalue weighted by Gasteiger charge is -2.37. The van der Waals surface area contributed by atoms with E-state index in [0.717, 1.165) is 50.5 Å². The van der Waals surface area contributed by atoms with Crippen molar-refractivity contribution in [3.63, 3.8) is 0 Å². The molecular weight excluding hydrogens is 676 g/mol. The molecule has 53 heavy (non-hydrogen) atoms. The molecule has 3 rings (SSSR count). The molecule has 0 radical (unpaired) electrons. The molecule has 0 bridgehead atoms. The molecule has 304 valence electrons. The van der Waals surface area contributed by atoms with Gasteiger partial charge in [0.1, 0.15) is 6.04 Å². The molecule has 0 aromatic heterocycles. The third kappa shape index (κ3) is 15.0. The Kier molecular flexibility index (Phi) is 24.6. The average molecular weight is 749 g/mol. The lowest BCUT2D eigenvalue weighted by atomic mass is 9.87. The summed E-state index contributed by atoms with van der Waals surface area (Å²) in [5.41, 5.74) is 4.75. The predicted molar refractivity (Wildman–Crippen MR) is 210 cm³/mol. The first-order chi connectivity index (χ1) is 25.2. The van der Waals surface area contributed by atoms with Gasteiger partial charge in [-0.3, -0.25) is 19.2 Å². The fraction of sp³-hybridized carbons (Fsp3) is 0.732. The van der Waals surface area contributed by atoms with E-state index in [-0.39, 0.29) is 36.4 Å². The Morgan fingerprint density at radius 2 is 1.55 bits per heavy atom. The van der Waals surface area contributed by atoms with E-state index in [1.807, 2.05) is 42.3 Å². The highest BCUT2D eigenvalue weighted by Gasteiger charge is 2.55. The first-order valence-electron chi connectivity index (χ1n) is 19.3. The van der Waals surface area contributed by atoms with Gasteiger partial charge in [0.25, 0.3) is 0 Å². The SMILES string of the molecule is CCC.CCC(C)C(C(CC)OC)N(C)C(=O)CC(C)C.COC(=O)C(NC(=O)C(C)C(OC)C1CCCN1C=O)C1(c2ccccc2)CC1.NC=O. The number of nitrogens with one attached hydrogen (secondary N) is 1. The lowest BCUT2D eigenvalue weighted by molar-refractivity contribution is -0.147. The summed E-state index contributed by atoms with van der Waals surface area (Å²) in [6.45, 7) is 17.3. The van der Waals surface area contributed by atoms with Crippen molar-refractivity contribution >= 4 is 30.6 Å². The van der Waals surface area contributed by atoms with Gasteiger partial charge in [-0.05, 0) is 49.5 Å². The molecule has 1 aliphatic carbocycles. The Hall–Kier alpha value is -3.51. The summed E-state index contributed by atoms with van der Waals surface area (Å²) in [7, 11) is 6.55. The number of likely N-dealkylation sites (N-methyl/N-ethyl adjacent to an activating group) is 1. The molecule has 1 aromatic carbocycles. The molecule has 2 fully saturated rings. The van der Waals surface area contributed by atoms with Crippen LogP contribution in [0.2, 0.25) is 0 Å². The van der Waals surface area contributed by atoms with E-state index >= 15 is 0 Å². The molecule has 4 amide bonds. The van der Waals surface area contributed by atoms with E-state index in [1.54, 1.807) is 26.0 Å². The number of primary amides is 1. The van der Waals surface area contributed by atoms with Gasteiger partial charge >= 0.3 is 5.97 Å². The Morgan fingerprint density at radius 3 is 1.96 bits per heavy atom. The van der Waals surface area contributed by atoms with Crippen molar-refractivity contribution in [3.05, 3.63) is 35.9 Å². The highest BCUT2D eigenvalue weighted by Crippen LogP contribution is 2.51. The van der Waals surface area contributed by atoms with Crippen molar-refractivity contribution in [3.8, 4) is 0 Å². The molecule has 12 nitrogen and oxygen atoms in total. The number of rotatable bonds is 17. The van der Waals surface area contributed by atoms with Crippen LogP contribution in [-0.4, -0.2) is 106 Å². The number of ether oxygens (including phenoxy) is 3. The zero-order chi connectivity index (χ0) is 40.7. The van der Waals surface area contributed by atoms with Crippen LogP contribution in [0.3, 0.4) is 0 Å². The molecule has 1 saturated carbocycles. The van der Waals surface area contributed by atoms with Crippen molar-refractivity contribution < 1.29 is 38.2 Å². The number of methoxy groups -OCH3 is 3. The minimum absolute atomic E-state index is 0.126. The normalized spacial score (nSPS) is 18.7. The first-order valence-corrected chi connectivity index (χ1v) is 19.3. The second kappa shape index (κ2) is 26.3. The van der Waals surface area contributed by atoms with E-state index in [9.17, 15) is 19.2 Å². The molecule has 1 heterocycles. The summed E-state index contributed by atoms with van der Waals surface area (Å²) in [4.78, 5) is 61.5. The van der Waals surface area contributed by atoms with Gasteiger partial charge in [-0.2, -0.15) is 0 Å². The van der Waals surface area contributed by atoms with Gasteiger partial charge < -0.3 is 35.1 Å². The minimum atomic E-state index is -0.756. The monoisotopic (exact) mass is 749 g/mol. The van der Waals surface area contributed by atoms with Crippen molar-refractivity contribution in [2.24, 2.45) is 23.5 Å². The predicted octanol–water partition coefficient (Wildman–Crippen LogP) is 5.50. The van der Waals surface area contributed by atoms with Crippen LogP contribution in [0.1, 0.15) is 112 Å². The van der Waals surface area contributed by atoms with E-state index in [2.05, 4.69) is 59.5 Å². The molecule has 3 N–H and O–H groups in total. The smallest absolute Gasteiger partial charge is 0.329 e. The Bertz CT molecular complexity index is 1190. The number of carbonyl (C=O) groups excluding carboxylic acids is 5. The Labute approximate surface area is 320 Å². The topological polar surface area (TPSA) is 158 Å². The van der Waals surface area contributed by atoms with Crippen molar-refractivity contribution in [2.75, 3.05) is 34.9 Å². The third-order valence-corrected chi connectivity index (χ3v) is 10.2. The van der Waals surface area contributed by atoms with Crippen LogP contribution < -0.4 is 11.1 Å². The molecule has 1 aromatic rings. The van der Waals surface area contributed by atoms with Crippen LogP contribution in [0, 0.1) is 17.8 Å². The molecule has 7 unspecified atom stereocenters. The minimum Gasteiger partial charge on any atom is -0.467 e. The summed E-state index contributed by atoms with van der Waals surface area (Å²) >= 11 is 0. The summed E-state index contributed by atoms with van der Waals surface area (Å²) in [5.74, 6) is -0.158. The average Bonchev–Trinajstić information content (AvgIpc) is 3.82. The number of likely N-dealkylation sites (tertiary alicyclic amines) is 1. The van der Waals surface area contributed by atoms with Gasteiger partial charge in [0.15, 0.2) is 0 Å². The second-order valence-electron chi connectivity index (χ2n) is 14.5. The van der Waals surface area contributed by atoms with Crippen LogP contribution in [0.5, 0.6) is 0 Å². The molecule has 7 atom stereocenters. The van der Waals surface area contributed by atoms with Crippen molar-refractivity contribution in [2.45, 2.75) is 143 Å². The zero-order valence-electron chi connectivity index (χ0n) is 34.8. The van der Waals surface area contributed by atoms with Gasteiger partial charge in [0.05, 0.1) is 37.3 Å². The number of hydrogen-bond donors (Lipinski definition) is 2. The molecule has 1 aliphatic heterocycles. The van der Waals surface area contributed by atoms with Gasteiger partial charge in [0.2, 0.25) is 24.6 Å². The van der Waals surface area contributed by atoms with E-state index in [0.29, 0.717) is 24.8 Å². The number of hydrogen-bond acceptors (Lipinski definition) is 8. The maximum absolute atomic E-state index is 13.1. The Morgan fingerprint density at radius 1 is 0.981 bits per heavy atom. The van der Waals surface area contributed by atoms with E-state index in [1.165, 1.54) is 13.5 Å². The van der Waals surface area contributed by atoms with Gasteiger partial charge in [-0.1, -0.05) is 98.6 Å². The number of nitrogens with two attached hydrogens (primary N) is 1. The van der Waals surface area contributed by atoms with Crippen LogP contribution in [-0.2, 0) is 43.6 Å².